The van der Waals surface area contributed by atoms with Crippen molar-refractivity contribution in [3.63, 3.8) is 0 Å². The van der Waals surface area contributed by atoms with Gasteiger partial charge in [0.2, 0.25) is 6.79 Å². The number of carbonyl (C=O) groups excluding carboxylic acids is 1. The van der Waals surface area contributed by atoms with E-state index in [0.29, 0.717) is 17.1 Å². The van der Waals surface area contributed by atoms with E-state index in [1.807, 2.05) is 0 Å². The Morgan fingerprint density at radius 1 is 1.37 bits per heavy atom. The highest BCUT2D eigenvalue weighted by atomic mass is 16.7. The average Bonchev–Trinajstić information content (AvgIpc) is 2.93. The molecule has 1 unspecified atom stereocenters. The molecule has 1 aromatic carbocycles. The molecule has 0 saturated carbocycles. The summed E-state index contributed by atoms with van der Waals surface area (Å²) >= 11 is 0. The average molecular weight is 264 g/mol. The minimum atomic E-state index is -0.274. The van der Waals surface area contributed by atoms with Gasteiger partial charge in [-0.05, 0) is 37.6 Å². The third-order valence-corrected chi connectivity index (χ3v) is 3.20. The van der Waals surface area contributed by atoms with Crippen molar-refractivity contribution in [3.8, 4) is 11.5 Å². The van der Waals surface area contributed by atoms with E-state index in [9.17, 15) is 4.79 Å². The predicted octanol–water partition coefficient (Wildman–Crippen LogP) is 0.829. The lowest BCUT2D eigenvalue weighted by molar-refractivity contribution is -0.0251. The lowest BCUT2D eigenvalue weighted by Crippen LogP contribution is -2.40. The van der Waals surface area contributed by atoms with Crippen LogP contribution >= 0.6 is 0 Å². The highest BCUT2D eigenvalue weighted by Crippen LogP contribution is 2.32. The van der Waals surface area contributed by atoms with Crippen LogP contribution in [0.15, 0.2) is 18.2 Å². The highest BCUT2D eigenvalue weighted by Gasteiger charge is 2.18. The van der Waals surface area contributed by atoms with Gasteiger partial charge in [0, 0.05) is 12.1 Å². The maximum Gasteiger partial charge on any atom is 0.274 e. The fraction of sp³-hybridized carbons (Fsp3) is 0.462. The lowest BCUT2D eigenvalue weighted by atomic mass is 10.1. The first-order chi connectivity index (χ1) is 9.33. The molecule has 0 bridgehead atoms. The summed E-state index contributed by atoms with van der Waals surface area (Å²) in [5.41, 5.74) is 2.98. The number of hydrogen-bond acceptors (Lipinski definition) is 5. The van der Waals surface area contributed by atoms with Gasteiger partial charge in [-0.1, -0.05) is 0 Å². The molecule has 2 N–H and O–H groups in total. The lowest BCUT2D eigenvalue weighted by Gasteiger charge is -2.22. The summed E-state index contributed by atoms with van der Waals surface area (Å²) < 4.78 is 10.4. The van der Waals surface area contributed by atoms with E-state index in [2.05, 4.69) is 10.8 Å². The molecule has 0 spiro atoms. The molecule has 1 aromatic rings. The fourth-order valence-corrected chi connectivity index (χ4v) is 2.15. The molecule has 1 fully saturated rings. The number of ether oxygens (including phenoxy) is 2. The molecule has 6 nitrogen and oxygen atoms in total. The van der Waals surface area contributed by atoms with Crippen LogP contribution < -0.4 is 20.3 Å². The van der Waals surface area contributed by atoms with Crippen LogP contribution in [0.1, 0.15) is 23.2 Å². The second kappa shape index (κ2) is 5.46. The minimum absolute atomic E-state index is 0.0340. The number of hydrogen-bond donors (Lipinski definition) is 2. The van der Waals surface area contributed by atoms with Gasteiger partial charge in [-0.25, -0.2) is 5.48 Å². The van der Waals surface area contributed by atoms with Crippen LogP contribution in [0.2, 0.25) is 0 Å². The van der Waals surface area contributed by atoms with E-state index in [1.54, 1.807) is 18.2 Å². The number of nitrogens with one attached hydrogen (secondary N) is 2. The van der Waals surface area contributed by atoms with Crippen molar-refractivity contribution in [1.29, 1.82) is 0 Å². The Balaban J connectivity index is 1.57. The molecular weight excluding hydrogens is 248 g/mol. The Hall–Kier alpha value is -1.79. The molecule has 0 aromatic heterocycles. The van der Waals surface area contributed by atoms with E-state index < -0.39 is 0 Å². The maximum absolute atomic E-state index is 11.9. The molecule has 1 saturated heterocycles. The first kappa shape index (κ1) is 12.3. The van der Waals surface area contributed by atoms with Crippen molar-refractivity contribution in [2.24, 2.45) is 0 Å². The first-order valence-corrected chi connectivity index (χ1v) is 6.39. The van der Waals surface area contributed by atoms with E-state index in [4.69, 9.17) is 14.3 Å². The molecule has 0 aliphatic carbocycles. The fourth-order valence-electron chi connectivity index (χ4n) is 2.15. The first-order valence-electron chi connectivity index (χ1n) is 6.39. The van der Waals surface area contributed by atoms with Gasteiger partial charge in [0.1, 0.15) is 0 Å². The summed E-state index contributed by atoms with van der Waals surface area (Å²) in [7, 11) is 0. The Labute approximate surface area is 111 Å². The van der Waals surface area contributed by atoms with Crippen molar-refractivity contribution in [1.82, 2.24) is 10.8 Å². The molecule has 2 aliphatic heterocycles. The summed E-state index contributed by atoms with van der Waals surface area (Å²) in [5.74, 6) is 0.977. The third kappa shape index (κ3) is 2.80. The van der Waals surface area contributed by atoms with Crippen LogP contribution in [-0.2, 0) is 4.84 Å². The van der Waals surface area contributed by atoms with Crippen LogP contribution in [0.4, 0.5) is 0 Å². The van der Waals surface area contributed by atoms with Gasteiger partial charge in [-0.2, -0.15) is 0 Å². The van der Waals surface area contributed by atoms with E-state index in [-0.39, 0.29) is 18.8 Å². The van der Waals surface area contributed by atoms with Crippen molar-refractivity contribution < 1.29 is 19.1 Å². The third-order valence-electron chi connectivity index (χ3n) is 3.20. The van der Waals surface area contributed by atoms with E-state index in [1.165, 1.54) is 0 Å². The molecule has 1 atom stereocenters. The van der Waals surface area contributed by atoms with E-state index >= 15 is 0 Å². The topological polar surface area (TPSA) is 68.8 Å². The molecule has 2 aliphatic rings. The van der Waals surface area contributed by atoms with Gasteiger partial charge in [0.25, 0.3) is 5.91 Å². The van der Waals surface area contributed by atoms with Crippen molar-refractivity contribution >= 4 is 5.91 Å². The van der Waals surface area contributed by atoms with Crippen molar-refractivity contribution in [3.05, 3.63) is 23.8 Å². The minimum Gasteiger partial charge on any atom is -0.454 e. The number of fused-ring (bicyclic) bond motifs is 1. The zero-order chi connectivity index (χ0) is 13.1. The molecule has 1 amide bonds. The van der Waals surface area contributed by atoms with Crippen molar-refractivity contribution in [2.75, 3.05) is 19.9 Å². The molecular formula is C13H16N2O4. The number of rotatable bonds is 3. The summed E-state index contributed by atoms with van der Waals surface area (Å²) in [6, 6.07) is 5.06. The Morgan fingerprint density at radius 3 is 3.11 bits per heavy atom. The summed E-state index contributed by atoms with van der Waals surface area (Å²) in [4.78, 5) is 17.3. The van der Waals surface area contributed by atoms with Gasteiger partial charge in [-0.15, -0.1) is 0 Å². The maximum atomic E-state index is 11.9. The van der Waals surface area contributed by atoms with Crippen LogP contribution in [0.5, 0.6) is 11.5 Å². The number of benzene rings is 1. The summed E-state index contributed by atoms with van der Waals surface area (Å²) in [6.45, 7) is 1.97. The Kier molecular flexibility index (Phi) is 3.52. The molecule has 19 heavy (non-hydrogen) atoms. The second-order valence-electron chi connectivity index (χ2n) is 4.59. The van der Waals surface area contributed by atoms with Gasteiger partial charge in [-0.3, -0.25) is 9.63 Å². The number of hydroxylamine groups is 1. The van der Waals surface area contributed by atoms with Gasteiger partial charge < -0.3 is 14.8 Å². The van der Waals surface area contributed by atoms with Crippen LogP contribution in [-0.4, -0.2) is 31.9 Å². The molecule has 2 heterocycles. The van der Waals surface area contributed by atoms with Gasteiger partial charge >= 0.3 is 0 Å². The number of carbonyl (C=O) groups is 1. The number of piperidine rings is 1. The summed E-state index contributed by atoms with van der Waals surface area (Å²) in [5, 5.41) is 3.22. The SMILES string of the molecule is O=C(NOC1CCCNC1)c1ccc2c(c1)OCO2. The quantitative estimate of drug-likeness (QED) is 0.791. The van der Waals surface area contributed by atoms with E-state index in [0.717, 1.165) is 25.9 Å². The largest absolute Gasteiger partial charge is 0.454 e. The zero-order valence-corrected chi connectivity index (χ0v) is 10.5. The monoisotopic (exact) mass is 264 g/mol. The molecule has 6 heteroatoms. The van der Waals surface area contributed by atoms with Crippen LogP contribution in [0.3, 0.4) is 0 Å². The normalized spacial score (nSPS) is 21.2. The summed E-state index contributed by atoms with van der Waals surface area (Å²) in [6.07, 6.45) is 2.05. The standard InChI is InChI=1S/C13H16N2O4/c16-13(15-19-10-2-1-5-14-7-10)9-3-4-11-12(6-9)18-8-17-11/h3-4,6,10,14H,1-2,5,7-8H2,(H,15,16). The van der Waals surface area contributed by atoms with Gasteiger partial charge in [0.15, 0.2) is 11.5 Å². The Bertz CT molecular complexity index is 472. The second-order valence-corrected chi connectivity index (χ2v) is 4.59. The van der Waals surface area contributed by atoms with Gasteiger partial charge in [0.05, 0.1) is 6.10 Å². The van der Waals surface area contributed by atoms with Crippen LogP contribution in [0.25, 0.3) is 0 Å². The Morgan fingerprint density at radius 2 is 2.26 bits per heavy atom. The zero-order valence-electron chi connectivity index (χ0n) is 10.5. The van der Waals surface area contributed by atoms with Crippen molar-refractivity contribution in [2.45, 2.75) is 18.9 Å². The molecule has 3 rings (SSSR count). The predicted molar refractivity (Wildman–Crippen MR) is 67.0 cm³/mol. The van der Waals surface area contributed by atoms with Crippen LogP contribution in [0, 0.1) is 0 Å². The molecule has 102 valence electrons. The number of amides is 1. The highest BCUT2D eigenvalue weighted by molar-refractivity contribution is 5.94. The molecule has 0 radical (unpaired) electrons. The smallest absolute Gasteiger partial charge is 0.274 e.